The summed E-state index contributed by atoms with van der Waals surface area (Å²) in [5.74, 6) is 1.97. The van der Waals surface area contributed by atoms with Gasteiger partial charge in [-0.05, 0) is 51.2 Å². The van der Waals surface area contributed by atoms with E-state index >= 15 is 0 Å². The maximum Gasteiger partial charge on any atom is 0.235 e. The third kappa shape index (κ3) is 4.97. The van der Waals surface area contributed by atoms with E-state index in [9.17, 15) is 4.79 Å². The lowest BCUT2D eigenvalue weighted by Crippen LogP contribution is -2.37. The second-order valence-corrected chi connectivity index (χ2v) is 9.30. The fourth-order valence-corrected chi connectivity index (χ4v) is 5.08. The van der Waals surface area contributed by atoms with E-state index in [1.807, 2.05) is 24.0 Å². The van der Waals surface area contributed by atoms with E-state index in [0.29, 0.717) is 6.54 Å². The van der Waals surface area contributed by atoms with E-state index in [1.165, 1.54) is 43.9 Å². The molecule has 8 heteroatoms. The molecule has 2 aromatic rings. The van der Waals surface area contributed by atoms with Crippen molar-refractivity contribution in [2.75, 3.05) is 31.1 Å². The van der Waals surface area contributed by atoms with Crippen molar-refractivity contribution >= 4 is 23.6 Å². The van der Waals surface area contributed by atoms with Gasteiger partial charge in [0, 0.05) is 26.2 Å². The van der Waals surface area contributed by atoms with Crippen molar-refractivity contribution in [2.45, 2.75) is 68.8 Å². The molecule has 2 aliphatic heterocycles. The van der Waals surface area contributed by atoms with Gasteiger partial charge in [-0.1, -0.05) is 24.6 Å². The van der Waals surface area contributed by atoms with Crippen molar-refractivity contribution < 1.29 is 9.21 Å². The Hall–Kier alpha value is -1.96. The maximum absolute atomic E-state index is 13.0. The summed E-state index contributed by atoms with van der Waals surface area (Å²) >= 11 is 1.52. The Morgan fingerprint density at radius 1 is 1.07 bits per heavy atom. The molecular weight excluding hydrogens is 386 g/mol. The second-order valence-electron chi connectivity index (χ2n) is 8.00. The average Bonchev–Trinajstić information content (AvgIpc) is 3.31. The monoisotopic (exact) mass is 417 g/mol. The van der Waals surface area contributed by atoms with E-state index in [1.54, 1.807) is 6.26 Å². The molecule has 4 rings (SSSR count). The quantitative estimate of drug-likeness (QED) is 0.666. The van der Waals surface area contributed by atoms with Crippen LogP contribution in [0.4, 0.5) is 5.95 Å². The number of aromatic nitrogens is 3. The van der Waals surface area contributed by atoms with Gasteiger partial charge in [0.15, 0.2) is 5.16 Å². The zero-order valence-corrected chi connectivity index (χ0v) is 18.1. The summed E-state index contributed by atoms with van der Waals surface area (Å²) < 4.78 is 7.70. The first-order valence-corrected chi connectivity index (χ1v) is 11.8. The molecule has 2 aliphatic rings. The van der Waals surface area contributed by atoms with Crippen molar-refractivity contribution in [2.24, 2.45) is 0 Å². The summed E-state index contributed by atoms with van der Waals surface area (Å²) in [7, 11) is 0. The van der Waals surface area contributed by atoms with Crippen LogP contribution in [0.1, 0.15) is 57.6 Å². The highest BCUT2D eigenvalue weighted by Crippen LogP contribution is 2.29. The number of thioether (sulfide) groups is 1. The third-order valence-corrected chi connectivity index (χ3v) is 6.85. The highest BCUT2D eigenvalue weighted by atomic mass is 32.2. The van der Waals surface area contributed by atoms with E-state index in [-0.39, 0.29) is 11.2 Å². The van der Waals surface area contributed by atoms with Crippen LogP contribution >= 0.6 is 11.8 Å². The SMILES string of the molecule is C[C@@H](Sc1nnc(N2CCCCC2)n1Cc1ccco1)C(=O)N1CCCCCC1. The van der Waals surface area contributed by atoms with Crippen LogP contribution in [0.25, 0.3) is 0 Å². The zero-order chi connectivity index (χ0) is 20.1. The summed E-state index contributed by atoms with van der Waals surface area (Å²) in [6.45, 7) is 6.33. The van der Waals surface area contributed by atoms with Gasteiger partial charge in [0.25, 0.3) is 0 Å². The first kappa shape index (κ1) is 20.3. The number of nitrogens with zero attached hydrogens (tertiary/aromatic N) is 5. The normalized spacial score (nSPS) is 19.2. The van der Waals surface area contributed by atoms with Gasteiger partial charge in [-0.2, -0.15) is 0 Å². The average molecular weight is 418 g/mol. The molecule has 0 bridgehead atoms. The van der Waals surface area contributed by atoms with Crippen LogP contribution in [0.5, 0.6) is 0 Å². The number of rotatable bonds is 6. The predicted molar refractivity (Wildman–Crippen MR) is 114 cm³/mol. The number of likely N-dealkylation sites (tertiary alicyclic amines) is 1. The molecule has 0 aromatic carbocycles. The second kappa shape index (κ2) is 9.69. The molecule has 2 fully saturated rings. The minimum atomic E-state index is -0.179. The van der Waals surface area contributed by atoms with Crippen LogP contribution in [0.2, 0.25) is 0 Å². The standard InChI is InChI=1S/C21H31N5O2S/c1-17(19(27)24-11-5-2-3-6-12-24)29-21-23-22-20(25-13-7-4-8-14-25)26(21)16-18-10-9-15-28-18/h9-10,15,17H,2-8,11-14,16H2,1H3/t17-/m1/s1. The topological polar surface area (TPSA) is 67.4 Å². The van der Waals surface area contributed by atoms with E-state index in [0.717, 1.165) is 55.9 Å². The van der Waals surface area contributed by atoms with E-state index in [2.05, 4.69) is 19.7 Å². The summed E-state index contributed by atoms with van der Waals surface area (Å²) in [6, 6.07) is 3.87. The Morgan fingerprint density at radius 2 is 1.76 bits per heavy atom. The first-order chi connectivity index (χ1) is 14.2. The van der Waals surface area contributed by atoms with Gasteiger partial charge in [-0.25, -0.2) is 0 Å². The molecule has 2 saturated heterocycles. The molecule has 0 radical (unpaired) electrons. The lowest BCUT2D eigenvalue weighted by atomic mass is 10.1. The molecule has 0 aliphatic carbocycles. The molecule has 1 atom stereocenters. The predicted octanol–water partition coefficient (Wildman–Crippen LogP) is 3.79. The van der Waals surface area contributed by atoms with Gasteiger partial charge in [0.2, 0.25) is 11.9 Å². The lowest BCUT2D eigenvalue weighted by Gasteiger charge is -2.28. The third-order valence-electron chi connectivity index (χ3n) is 5.78. The van der Waals surface area contributed by atoms with Crippen molar-refractivity contribution in [3.63, 3.8) is 0 Å². The number of amides is 1. The van der Waals surface area contributed by atoms with Gasteiger partial charge in [0.1, 0.15) is 5.76 Å². The Labute approximate surface area is 176 Å². The molecule has 0 spiro atoms. The fourth-order valence-electron chi connectivity index (χ4n) is 4.15. The molecule has 1 amide bonds. The smallest absolute Gasteiger partial charge is 0.235 e. The number of carbonyl (C=O) groups excluding carboxylic acids is 1. The van der Waals surface area contributed by atoms with Crippen LogP contribution in [-0.4, -0.2) is 57.0 Å². The van der Waals surface area contributed by atoms with Gasteiger partial charge in [-0.15, -0.1) is 10.2 Å². The Kier molecular flexibility index (Phi) is 6.79. The van der Waals surface area contributed by atoms with Gasteiger partial charge < -0.3 is 14.2 Å². The van der Waals surface area contributed by atoms with E-state index < -0.39 is 0 Å². The number of anilines is 1. The van der Waals surface area contributed by atoms with Crippen molar-refractivity contribution in [3.8, 4) is 0 Å². The van der Waals surface area contributed by atoms with Gasteiger partial charge >= 0.3 is 0 Å². The Morgan fingerprint density at radius 3 is 2.45 bits per heavy atom. The molecule has 0 saturated carbocycles. The zero-order valence-electron chi connectivity index (χ0n) is 17.3. The van der Waals surface area contributed by atoms with Crippen molar-refractivity contribution in [1.82, 2.24) is 19.7 Å². The molecule has 0 N–H and O–H groups in total. The summed E-state index contributed by atoms with van der Waals surface area (Å²) in [4.78, 5) is 17.4. The van der Waals surface area contributed by atoms with Crippen LogP contribution in [0, 0.1) is 0 Å². The van der Waals surface area contributed by atoms with Gasteiger partial charge in [-0.3, -0.25) is 9.36 Å². The highest BCUT2D eigenvalue weighted by molar-refractivity contribution is 8.00. The first-order valence-electron chi connectivity index (χ1n) is 10.9. The number of furan rings is 1. The number of carbonyl (C=O) groups is 1. The molecule has 158 valence electrons. The van der Waals surface area contributed by atoms with Crippen LogP contribution in [0.15, 0.2) is 28.0 Å². The lowest BCUT2D eigenvalue weighted by molar-refractivity contribution is -0.130. The number of hydrogen-bond donors (Lipinski definition) is 0. The van der Waals surface area contributed by atoms with Crippen LogP contribution in [-0.2, 0) is 11.3 Å². The van der Waals surface area contributed by atoms with Crippen LogP contribution in [0.3, 0.4) is 0 Å². The fraction of sp³-hybridized carbons (Fsp3) is 0.667. The summed E-state index contributed by atoms with van der Waals surface area (Å²) in [6.07, 6.45) is 9.99. The molecular formula is C21H31N5O2S. The largest absolute Gasteiger partial charge is 0.467 e. The number of hydrogen-bond acceptors (Lipinski definition) is 6. The van der Waals surface area contributed by atoms with Crippen molar-refractivity contribution in [1.29, 1.82) is 0 Å². The Bertz CT molecular complexity index is 777. The molecule has 4 heterocycles. The van der Waals surface area contributed by atoms with Gasteiger partial charge in [0.05, 0.1) is 18.1 Å². The van der Waals surface area contributed by atoms with Crippen LogP contribution < -0.4 is 4.90 Å². The molecule has 29 heavy (non-hydrogen) atoms. The van der Waals surface area contributed by atoms with E-state index in [4.69, 9.17) is 4.42 Å². The molecule has 2 aromatic heterocycles. The molecule has 7 nitrogen and oxygen atoms in total. The minimum absolute atomic E-state index is 0.179. The number of piperidine rings is 1. The summed E-state index contributed by atoms with van der Waals surface area (Å²) in [5.41, 5.74) is 0. The van der Waals surface area contributed by atoms with Crippen molar-refractivity contribution in [3.05, 3.63) is 24.2 Å². The maximum atomic E-state index is 13.0. The minimum Gasteiger partial charge on any atom is -0.467 e. The summed E-state index contributed by atoms with van der Waals surface area (Å²) in [5, 5.41) is 9.60. The highest BCUT2D eigenvalue weighted by Gasteiger charge is 2.27. The Balaban J connectivity index is 1.52. The molecule has 0 unspecified atom stereocenters.